The molecular weight excluding hydrogens is 284 g/mol. The summed E-state index contributed by atoms with van der Waals surface area (Å²) in [4.78, 5) is 25.2. The highest BCUT2D eigenvalue weighted by molar-refractivity contribution is 6.04. The largest absolute Gasteiger partial charge is 0.307 e. The first-order valence-electron chi connectivity index (χ1n) is 5.77. The Morgan fingerprint density at radius 1 is 1.29 bits per heavy atom. The maximum absolute atomic E-state index is 13.7. The molecule has 0 saturated carbocycles. The zero-order chi connectivity index (χ0) is 15.6. The Balaban J connectivity index is 2.31. The number of nitrogens with zero attached hydrogens (tertiary/aromatic N) is 2. The molecule has 1 N–H and O–H groups in total. The molecule has 108 valence electrons. The van der Waals surface area contributed by atoms with Gasteiger partial charge in [-0.25, -0.2) is 9.37 Å². The Bertz CT molecular complexity index is 735. The van der Waals surface area contributed by atoms with Crippen molar-refractivity contribution in [2.75, 3.05) is 5.32 Å². The maximum Gasteiger partial charge on any atom is 0.307 e. The first kappa shape index (κ1) is 14.5. The van der Waals surface area contributed by atoms with E-state index in [0.29, 0.717) is 17.8 Å². The van der Waals surface area contributed by atoms with Crippen molar-refractivity contribution in [2.24, 2.45) is 0 Å². The van der Waals surface area contributed by atoms with Gasteiger partial charge in [-0.05, 0) is 25.1 Å². The Hall–Kier alpha value is -2.90. The average Bonchev–Trinajstić information content (AvgIpc) is 2.40. The van der Waals surface area contributed by atoms with E-state index in [1.54, 1.807) is 19.1 Å². The molecule has 0 atom stereocenters. The van der Waals surface area contributed by atoms with E-state index in [9.17, 15) is 23.7 Å². The number of nitro groups is 1. The zero-order valence-corrected chi connectivity index (χ0v) is 10.8. The molecule has 0 spiro atoms. The zero-order valence-electron chi connectivity index (χ0n) is 10.8. The molecule has 0 fully saturated rings. The molecule has 0 radical (unpaired) electrons. The van der Waals surface area contributed by atoms with Crippen molar-refractivity contribution in [2.45, 2.75) is 6.92 Å². The first-order valence-corrected chi connectivity index (χ1v) is 5.77. The number of nitrogens with one attached hydrogen (secondary N) is 1. The number of pyridine rings is 1. The summed E-state index contributed by atoms with van der Waals surface area (Å²) < 4.78 is 27.1. The third-order valence-corrected chi connectivity index (χ3v) is 2.61. The second-order valence-corrected chi connectivity index (χ2v) is 4.16. The molecule has 0 saturated heterocycles. The minimum atomic E-state index is -1.29. The number of aromatic nitrogens is 1. The number of aryl methyl sites for hydroxylation is 1. The molecule has 0 aliphatic carbocycles. The van der Waals surface area contributed by atoms with Crippen molar-refractivity contribution < 1.29 is 18.5 Å². The van der Waals surface area contributed by atoms with Gasteiger partial charge in [-0.1, -0.05) is 6.07 Å². The summed E-state index contributed by atoms with van der Waals surface area (Å²) in [6.07, 6.45) is 0. The molecule has 1 aromatic heterocycles. The van der Waals surface area contributed by atoms with E-state index in [0.717, 1.165) is 0 Å². The van der Waals surface area contributed by atoms with Crippen LogP contribution in [0.1, 0.15) is 16.1 Å². The predicted molar refractivity (Wildman–Crippen MR) is 69.9 cm³/mol. The quantitative estimate of drug-likeness (QED) is 0.696. The molecule has 0 bridgehead atoms. The first-order chi connectivity index (χ1) is 9.88. The summed E-state index contributed by atoms with van der Waals surface area (Å²) in [6.45, 7) is 1.70. The van der Waals surface area contributed by atoms with E-state index in [1.807, 2.05) is 0 Å². The fraction of sp³-hybridized carbons (Fsp3) is 0.0769. The Kier molecular flexibility index (Phi) is 3.88. The summed E-state index contributed by atoms with van der Waals surface area (Å²) in [5.74, 6) is -3.26. The SMILES string of the molecule is Cc1cccc(NC(=O)c2cc(F)c([N+](=O)[O-])cc2F)n1. The Morgan fingerprint density at radius 3 is 2.62 bits per heavy atom. The smallest absolute Gasteiger partial charge is 0.306 e. The molecule has 1 heterocycles. The predicted octanol–water partition coefficient (Wildman–Crippen LogP) is 2.83. The fourth-order valence-electron chi connectivity index (χ4n) is 1.65. The molecule has 0 aliphatic heterocycles. The van der Waals surface area contributed by atoms with Gasteiger partial charge in [0.1, 0.15) is 11.6 Å². The van der Waals surface area contributed by atoms with E-state index in [1.165, 1.54) is 6.07 Å². The molecule has 1 amide bonds. The van der Waals surface area contributed by atoms with Crippen LogP contribution in [0.2, 0.25) is 0 Å². The van der Waals surface area contributed by atoms with Crippen molar-refractivity contribution in [3.05, 3.63) is 63.3 Å². The molecule has 2 aromatic rings. The van der Waals surface area contributed by atoms with Crippen LogP contribution in [0.15, 0.2) is 30.3 Å². The summed E-state index contributed by atoms with van der Waals surface area (Å²) >= 11 is 0. The molecule has 21 heavy (non-hydrogen) atoms. The molecule has 0 aliphatic rings. The highest BCUT2D eigenvalue weighted by Crippen LogP contribution is 2.22. The number of rotatable bonds is 3. The second-order valence-electron chi connectivity index (χ2n) is 4.16. The number of carbonyl (C=O) groups excluding carboxylic acids is 1. The molecule has 8 heteroatoms. The fourth-order valence-corrected chi connectivity index (χ4v) is 1.65. The van der Waals surface area contributed by atoms with E-state index in [-0.39, 0.29) is 5.82 Å². The topological polar surface area (TPSA) is 85.1 Å². The van der Waals surface area contributed by atoms with Crippen LogP contribution < -0.4 is 5.32 Å². The third kappa shape index (κ3) is 3.16. The maximum atomic E-state index is 13.7. The Labute approximate surface area is 117 Å². The lowest BCUT2D eigenvalue weighted by Crippen LogP contribution is -2.15. The number of nitro benzene ring substituents is 1. The lowest BCUT2D eigenvalue weighted by Gasteiger charge is -2.06. The lowest BCUT2D eigenvalue weighted by molar-refractivity contribution is -0.387. The number of hydrogen-bond donors (Lipinski definition) is 1. The van der Waals surface area contributed by atoms with Gasteiger partial charge in [0.25, 0.3) is 5.91 Å². The molecular formula is C13H9F2N3O3. The van der Waals surface area contributed by atoms with Gasteiger partial charge < -0.3 is 5.32 Å². The van der Waals surface area contributed by atoms with Crippen LogP contribution >= 0.6 is 0 Å². The number of halogens is 2. The second kappa shape index (κ2) is 5.61. The highest BCUT2D eigenvalue weighted by Gasteiger charge is 2.22. The standard InChI is InChI=1S/C13H9F2N3O3/c1-7-3-2-4-12(16-7)17-13(19)8-5-10(15)11(18(20)21)6-9(8)14/h2-6H,1H3,(H,16,17,19). The normalized spacial score (nSPS) is 10.2. The Morgan fingerprint density at radius 2 is 2.00 bits per heavy atom. The monoisotopic (exact) mass is 293 g/mol. The van der Waals surface area contributed by atoms with E-state index in [2.05, 4.69) is 10.3 Å². The minimum Gasteiger partial charge on any atom is -0.306 e. The van der Waals surface area contributed by atoms with E-state index < -0.39 is 33.7 Å². The molecule has 1 aromatic carbocycles. The number of anilines is 1. The summed E-state index contributed by atoms with van der Waals surface area (Å²) in [5.41, 5.74) is -1.04. The van der Waals surface area contributed by atoms with Crippen molar-refractivity contribution in [3.63, 3.8) is 0 Å². The number of amides is 1. The van der Waals surface area contributed by atoms with Gasteiger partial charge in [-0.3, -0.25) is 14.9 Å². The molecule has 0 unspecified atom stereocenters. The molecule has 6 nitrogen and oxygen atoms in total. The van der Waals surface area contributed by atoms with Gasteiger partial charge in [0.2, 0.25) is 5.82 Å². The summed E-state index contributed by atoms with van der Waals surface area (Å²) in [5, 5.41) is 12.8. The van der Waals surface area contributed by atoms with Crippen LogP contribution in [0.25, 0.3) is 0 Å². The van der Waals surface area contributed by atoms with Crippen molar-refractivity contribution >= 4 is 17.4 Å². The van der Waals surface area contributed by atoms with Crippen LogP contribution in [0, 0.1) is 28.7 Å². The van der Waals surface area contributed by atoms with Crippen LogP contribution in [0.3, 0.4) is 0 Å². The van der Waals surface area contributed by atoms with Crippen LogP contribution in [0.5, 0.6) is 0 Å². The number of carbonyl (C=O) groups is 1. The van der Waals surface area contributed by atoms with Crippen LogP contribution in [-0.2, 0) is 0 Å². The average molecular weight is 293 g/mol. The van der Waals surface area contributed by atoms with Gasteiger partial charge in [0.05, 0.1) is 16.6 Å². The van der Waals surface area contributed by atoms with E-state index >= 15 is 0 Å². The number of hydrogen-bond acceptors (Lipinski definition) is 4. The van der Waals surface area contributed by atoms with E-state index in [4.69, 9.17) is 0 Å². The van der Waals surface area contributed by atoms with Crippen molar-refractivity contribution in [1.29, 1.82) is 0 Å². The highest BCUT2D eigenvalue weighted by atomic mass is 19.1. The van der Waals surface area contributed by atoms with Crippen LogP contribution in [-0.4, -0.2) is 15.8 Å². The third-order valence-electron chi connectivity index (χ3n) is 2.61. The van der Waals surface area contributed by atoms with Gasteiger partial charge in [0, 0.05) is 5.69 Å². The van der Waals surface area contributed by atoms with Gasteiger partial charge in [0.15, 0.2) is 0 Å². The molecule has 2 rings (SSSR count). The minimum absolute atomic E-state index is 0.165. The lowest BCUT2D eigenvalue weighted by atomic mass is 10.1. The van der Waals surface area contributed by atoms with Crippen molar-refractivity contribution in [1.82, 2.24) is 4.98 Å². The summed E-state index contributed by atoms with van der Waals surface area (Å²) in [7, 11) is 0. The van der Waals surface area contributed by atoms with Gasteiger partial charge >= 0.3 is 5.69 Å². The number of benzene rings is 1. The van der Waals surface area contributed by atoms with Gasteiger partial charge in [-0.15, -0.1) is 0 Å². The van der Waals surface area contributed by atoms with Gasteiger partial charge in [-0.2, -0.15) is 4.39 Å². The summed E-state index contributed by atoms with van der Waals surface area (Å²) in [6, 6.07) is 5.66. The van der Waals surface area contributed by atoms with Crippen LogP contribution in [0.4, 0.5) is 20.3 Å². The van der Waals surface area contributed by atoms with Crippen molar-refractivity contribution in [3.8, 4) is 0 Å².